The SMILES string of the molecule is CC1CCC(CNC(=O)C2CCS(=O)(=O)C2)(C(=O)O)CC1. The standard InChI is InChI=1S/C14H23NO5S/c1-10-2-5-14(6-3-10,13(17)18)9-15-12(16)11-4-7-21(19,20)8-11/h10-11H,2-9H2,1H3,(H,15,16)(H,17,18). The Bertz CT molecular complexity index is 519. The van der Waals surface area contributed by atoms with Gasteiger partial charge in [-0.15, -0.1) is 0 Å². The highest BCUT2D eigenvalue weighted by Gasteiger charge is 2.42. The highest BCUT2D eigenvalue weighted by atomic mass is 32.2. The smallest absolute Gasteiger partial charge is 0.311 e. The number of sulfone groups is 1. The molecular formula is C14H23NO5S. The minimum Gasteiger partial charge on any atom is -0.481 e. The molecule has 1 aliphatic heterocycles. The predicted octanol–water partition coefficient (Wildman–Crippen LogP) is 0.818. The lowest BCUT2D eigenvalue weighted by molar-refractivity contribution is -0.151. The van der Waals surface area contributed by atoms with Crippen LogP contribution < -0.4 is 5.32 Å². The number of hydrogen-bond acceptors (Lipinski definition) is 4. The van der Waals surface area contributed by atoms with Crippen molar-refractivity contribution in [3.63, 3.8) is 0 Å². The number of carbonyl (C=O) groups is 2. The maximum atomic E-state index is 12.0. The summed E-state index contributed by atoms with van der Waals surface area (Å²) in [5.74, 6) is -1.26. The minimum atomic E-state index is -3.10. The predicted molar refractivity (Wildman–Crippen MR) is 77.5 cm³/mol. The Balaban J connectivity index is 1.94. The highest BCUT2D eigenvalue weighted by Crippen LogP contribution is 2.38. The molecule has 1 saturated heterocycles. The fourth-order valence-electron chi connectivity index (χ4n) is 3.18. The third kappa shape index (κ3) is 3.75. The van der Waals surface area contributed by atoms with Gasteiger partial charge in [-0.2, -0.15) is 0 Å². The molecule has 1 saturated carbocycles. The molecule has 1 atom stereocenters. The molecule has 1 heterocycles. The molecule has 2 N–H and O–H groups in total. The summed E-state index contributed by atoms with van der Waals surface area (Å²) < 4.78 is 22.8. The maximum Gasteiger partial charge on any atom is 0.311 e. The number of carboxylic acid groups (broad SMARTS) is 1. The van der Waals surface area contributed by atoms with E-state index < -0.39 is 27.1 Å². The molecule has 120 valence electrons. The molecule has 0 aromatic rings. The van der Waals surface area contributed by atoms with Crippen LogP contribution in [0, 0.1) is 17.3 Å². The van der Waals surface area contributed by atoms with Crippen molar-refractivity contribution in [1.82, 2.24) is 5.32 Å². The number of carbonyl (C=O) groups excluding carboxylic acids is 1. The molecule has 6 nitrogen and oxygen atoms in total. The number of carboxylic acids is 1. The van der Waals surface area contributed by atoms with Crippen LogP contribution in [-0.2, 0) is 19.4 Å². The summed E-state index contributed by atoms with van der Waals surface area (Å²) in [5.41, 5.74) is -0.889. The van der Waals surface area contributed by atoms with Gasteiger partial charge in [-0.25, -0.2) is 8.42 Å². The first kappa shape index (κ1) is 16.3. The Hall–Kier alpha value is -1.11. The van der Waals surface area contributed by atoms with E-state index in [0.29, 0.717) is 25.2 Å². The Morgan fingerprint density at radius 1 is 1.24 bits per heavy atom. The molecule has 1 amide bonds. The molecule has 2 aliphatic rings. The van der Waals surface area contributed by atoms with Crippen molar-refractivity contribution in [2.24, 2.45) is 17.3 Å². The summed E-state index contributed by atoms with van der Waals surface area (Å²) in [4.78, 5) is 23.6. The topological polar surface area (TPSA) is 101 Å². The van der Waals surface area contributed by atoms with Gasteiger partial charge >= 0.3 is 5.97 Å². The molecule has 21 heavy (non-hydrogen) atoms. The van der Waals surface area contributed by atoms with Gasteiger partial charge in [-0.05, 0) is 38.0 Å². The van der Waals surface area contributed by atoms with Gasteiger partial charge in [0.1, 0.15) is 0 Å². The molecule has 2 fully saturated rings. The first-order chi connectivity index (χ1) is 9.74. The van der Waals surface area contributed by atoms with Crippen molar-refractivity contribution in [2.75, 3.05) is 18.1 Å². The molecule has 7 heteroatoms. The third-order valence-electron chi connectivity index (χ3n) is 4.89. The molecule has 2 rings (SSSR count). The summed E-state index contributed by atoms with van der Waals surface area (Å²) in [6.45, 7) is 2.21. The molecule has 0 spiro atoms. The second-order valence-corrected chi connectivity index (χ2v) is 8.81. The molecule has 1 aliphatic carbocycles. The fourth-order valence-corrected chi connectivity index (χ4v) is 4.92. The normalized spacial score (nSPS) is 35.3. The quantitative estimate of drug-likeness (QED) is 0.799. The van der Waals surface area contributed by atoms with Crippen LogP contribution in [0.4, 0.5) is 0 Å². The van der Waals surface area contributed by atoms with Crippen molar-refractivity contribution in [3.8, 4) is 0 Å². The van der Waals surface area contributed by atoms with E-state index in [0.717, 1.165) is 12.8 Å². The minimum absolute atomic E-state index is 0.0483. The number of aliphatic carboxylic acids is 1. The first-order valence-electron chi connectivity index (χ1n) is 7.46. The van der Waals surface area contributed by atoms with Crippen LogP contribution in [0.25, 0.3) is 0 Å². The molecule has 0 aromatic heterocycles. The van der Waals surface area contributed by atoms with Gasteiger partial charge in [0.15, 0.2) is 9.84 Å². The Kier molecular flexibility index (Phi) is 4.60. The van der Waals surface area contributed by atoms with E-state index in [-0.39, 0.29) is 24.0 Å². The van der Waals surface area contributed by atoms with Crippen LogP contribution >= 0.6 is 0 Å². The van der Waals surface area contributed by atoms with Crippen LogP contribution in [-0.4, -0.2) is 43.5 Å². The van der Waals surface area contributed by atoms with Crippen LogP contribution in [0.15, 0.2) is 0 Å². The highest BCUT2D eigenvalue weighted by molar-refractivity contribution is 7.91. The second-order valence-electron chi connectivity index (χ2n) is 6.59. The van der Waals surface area contributed by atoms with Crippen LogP contribution in [0.3, 0.4) is 0 Å². The van der Waals surface area contributed by atoms with Gasteiger partial charge in [0.05, 0.1) is 22.8 Å². The van der Waals surface area contributed by atoms with E-state index in [1.54, 1.807) is 0 Å². The van der Waals surface area contributed by atoms with E-state index in [1.807, 2.05) is 0 Å². The lowest BCUT2D eigenvalue weighted by Gasteiger charge is -2.36. The van der Waals surface area contributed by atoms with Crippen molar-refractivity contribution in [1.29, 1.82) is 0 Å². The first-order valence-corrected chi connectivity index (χ1v) is 9.28. The fraction of sp³-hybridized carbons (Fsp3) is 0.857. The van der Waals surface area contributed by atoms with E-state index in [4.69, 9.17) is 0 Å². The third-order valence-corrected chi connectivity index (χ3v) is 6.66. The molecule has 1 unspecified atom stereocenters. The number of hydrogen-bond donors (Lipinski definition) is 2. The van der Waals surface area contributed by atoms with Crippen molar-refractivity contribution < 1.29 is 23.1 Å². The largest absolute Gasteiger partial charge is 0.481 e. The Morgan fingerprint density at radius 2 is 1.86 bits per heavy atom. The van der Waals surface area contributed by atoms with Crippen LogP contribution in [0.1, 0.15) is 39.0 Å². The van der Waals surface area contributed by atoms with Gasteiger partial charge in [-0.3, -0.25) is 9.59 Å². The summed E-state index contributed by atoms with van der Waals surface area (Å²) in [7, 11) is -3.10. The Labute approximate surface area is 125 Å². The van der Waals surface area contributed by atoms with Crippen molar-refractivity contribution >= 4 is 21.7 Å². The van der Waals surface area contributed by atoms with E-state index >= 15 is 0 Å². The second kappa shape index (κ2) is 5.94. The van der Waals surface area contributed by atoms with Crippen LogP contribution in [0.5, 0.6) is 0 Å². The van der Waals surface area contributed by atoms with Gasteiger partial charge in [0, 0.05) is 6.54 Å². The van der Waals surface area contributed by atoms with Crippen LogP contribution in [0.2, 0.25) is 0 Å². The molecule has 0 bridgehead atoms. The van der Waals surface area contributed by atoms with E-state index in [9.17, 15) is 23.1 Å². The maximum absolute atomic E-state index is 12.0. The van der Waals surface area contributed by atoms with Gasteiger partial charge < -0.3 is 10.4 Å². The zero-order valence-corrected chi connectivity index (χ0v) is 13.1. The van der Waals surface area contributed by atoms with Gasteiger partial charge in [0.25, 0.3) is 0 Å². The summed E-state index contributed by atoms with van der Waals surface area (Å²) in [6, 6.07) is 0. The van der Waals surface area contributed by atoms with Crippen molar-refractivity contribution in [3.05, 3.63) is 0 Å². The summed E-state index contributed by atoms with van der Waals surface area (Å²) in [6.07, 6.45) is 3.16. The van der Waals surface area contributed by atoms with Gasteiger partial charge in [0.2, 0.25) is 5.91 Å². The van der Waals surface area contributed by atoms with Gasteiger partial charge in [-0.1, -0.05) is 6.92 Å². The number of amides is 1. The molecular weight excluding hydrogens is 294 g/mol. The molecule has 0 aromatic carbocycles. The zero-order chi connectivity index (χ0) is 15.7. The summed E-state index contributed by atoms with van der Waals surface area (Å²) in [5, 5.41) is 12.2. The monoisotopic (exact) mass is 317 g/mol. The average molecular weight is 317 g/mol. The lowest BCUT2D eigenvalue weighted by atomic mass is 9.70. The van der Waals surface area contributed by atoms with E-state index in [2.05, 4.69) is 12.2 Å². The summed E-state index contributed by atoms with van der Waals surface area (Å²) >= 11 is 0. The number of nitrogens with one attached hydrogen (secondary N) is 1. The Morgan fingerprint density at radius 3 is 2.33 bits per heavy atom. The van der Waals surface area contributed by atoms with Crippen molar-refractivity contribution in [2.45, 2.75) is 39.0 Å². The zero-order valence-electron chi connectivity index (χ0n) is 12.3. The van der Waals surface area contributed by atoms with E-state index in [1.165, 1.54) is 0 Å². The number of rotatable bonds is 4. The molecule has 0 radical (unpaired) electrons. The lowest BCUT2D eigenvalue weighted by Crippen LogP contribution is -2.46. The average Bonchev–Trinajstić information content (AvgIpc) is 2.78.